The van der Waals surface area contributed by atoms with Gasteiger partial charge < -0.3 is 5.32 Å². The first kappa shape index (κ1) is 17.2. The normalized spacial score (nSPS) is 11.3. The minimum Gasteiger partial charge on any atom is -0.322 e. The van der Waals surface area contributed by atoms with Gasteiger partial charge in [0, 0.05) is 5.69 Å². The second-order valence-corrected chi connectivity index (χ2v) is 7.65. The van der Waals surface area contributed by atoms with Crippen LogP contribution in [0.25, 0.3) is 0 Å². The first-order chi connectivity index (χ1) is 10.8. The monoisotopic (exact) mass is 331 g/mol. The Labute approximate surface area is 137 Å². The van der Waals surface area contributed by atoms with Crippen molar-refractivity contribution in [1.29, 1.82) is 0 Å². The lowest BCUT2D eigenvalue weighted by Crippen LogP contribution is -2.17. The molecular weight excluding hydrogens is 310 g/mol. The van der Waals surface area contributed by atoms with Crippen LogP contribution in [0.3, 0.4) is 0 Å². The Kier molecular flexibility index (Phi) is 5.21. The highest BCUT2D eigenvalue weighted by molar-refractivity contribution is 7.91. The third-order valence-electron chi connectivity index (χ3n) is 3.70. The molecule has 4 nitrogen and oxygen atoms in total. The summed E-state index contributed by atoms with van der Waals surface area (Å²) >= 11 is 0. The second-order valence-electron chi connectivity index (χ2n) is 5.57. The first-order valence-electron chi connectivity index (χ1n) is 7.55. The van der Waals surface area contributed by atoms with Crippen LogP contribution in [0.15, 0.2) is 47.4 Å². The summed E-state index contributed by atoms with van der Waals surface area (Å²) in [4.78, 5) is 12.6. The van der Waals surface area contributed by atoms with Crippen LogP contribution in [0.2, 0.25) is 0 Å². The molecule has 0 heterocycles. The van der Waals surface area contributed by atoms with E-state index in [0.717, 1.165) is 11.1 Å². The van der Waals surface area contributed by atoms with Crippen LogP contribution in [0.4, 0.5) is 5.69 Å². The highest BCUT2D eigenvalue weighted by Gasteiger charge is 2.21. The predicted octanol–water partition coefficient (Wildman–Crippen LogP) is 3.74. The van der Waals surface area contributed by atoms with Crippen molar-refractivity contribution in [2.45, 2.75) is 32.1 Å². The van der Waals surface area contributed by atoms with E-state index in [0.29, 0.717) is 12.1 Å². The molecular formula is C18H21NO3S. The predicted molar refractivity (Wildman–Crippen MR) is 92.7 cm³/mol. The second kappa shape index (κ2) is 6.96. The Morgan fingerprint density at radius 3 is 2.39 bits per heavy atom. The summed E-state index contributed by atoms with van der Waals surface area (Å²) < 4.78 is 24.7. The average molecular weight is 331 g/mol. The molecule has 0 bridgehead atoms. The number of amides is 1. The van der Waals surface area contributed by atoms with Gasteiger partial charge in [-0.3, -0.25) is 4.79 Å². The van der Waals surface area contributed by atoms with Gasteiger partial charge in [0.25, 0.3) is 5.91 Å². The van der Waals surface area contributed by atoms with Crippen LogP contribution in [0, 0.1) is 13.8 Å². The molecule has 0 atom stereocenters. The largest absolute Gasteiger partial charge is 0.322 e. The molecule has 23 heavy (non-hydrogen) atoms. The maximum Gasteiger partial charge on any atom is 0.256 e. The lowest BCUT2D eigenvalue weighted by atomic mass is 10.1. The molecule has 0 radical (unpaired) electrons. The van der Waals surface area contributed by atoms with Crippen molar-refractivity contribution >= 4 is 21.4 Å². The van der Waals surface area contributed by atoms with Crippen molar-refractivity contribution in [2.24, 2.45) is 0 Å². The molecule has 1 amide bonds. The van der Waals surface area contributed by atoms with Crippen molar-refractivity contribution in [3.8, 4) is 0 Å². The maximum atomic E-state index is 12.5. The number of carbonyl (C=O) groups is 1. The van der Waals surface area contributed by atoms with Crippen molar-refractivity contribution in [3.63, 3.8) is 0 Å². The van der Waals surface area contributed by atoms with E-state index in [1.165, 1.54) is 6.07 Å². The SMILES string of the molecule is CCCS(=O)(=O)c1ccccc1C(=O)Nc1ccc(C)c(C)c1. The summed E-state index contributed by atoms with van der Waals surface area (Å²) in [5.41, 5.74) is 3.03. The zero-order chi connectivity index (χ0) is 17.0. The van der Waals surface area contributed by atoms with Crippen molar-refractivity contribution < 1.29 is 13.2 Å². The number of benzene rings is 2. The molecule has 0 aromatic heterocycles. The van der Waals surface area contributed by atoms with Gasteiger partial charge >= 0.3 is 0 Å². The number of anilines is 1. The Bertz CT molecular complexity index is 826. The molecule has 0 aliphatic heterocycles. The average Bonchev–Trinajstić information content (AvgIpc) is 2.51. The molecule has 0 unspecified atom stereocenters. The molecule has 0 fully saturated rings. The lowest BCUT2D eigenvalue weighted by Gasteiger charge is -2.11. The van der Waals surface area contributed by atoms with E-state index in [1.807, 2.05) is 32.0 Å². The third kappa shape index (κ3) is 3.99. The van der Waals surface area contributed by atoms with Gasteiger partial charge in [-0.1, -0.05) is 25.1 Å². The summed E-state index contributed by atoms with van der Waals surface area (Å²) in [6.45, 7) is 5.76. The van der Waals surface area contributed by atoms with Gasteiger partial charge in [0.2, 0.25) is 0 Å². The van der Waals surface area contributed by atoms with Gasteiger partial charge in [-0.2, -0.15) is 0 Å². The summed E-state index contributed by atoms with van der Waals surface area (Å²) in [6.07, 6.45) is 0.509. The molecule has 2 aromatic carbocycles. The zero-order valence-corrected chi connectivity index (χ0v) is 14.4. The van der Waals surface area contributed by atoms with E-state index in [-0.39, 0.29) is 16.2 Å². The number of hydrogen-bond donors (Lipinski definition) is 1. The van der Waals surface area contributed by atoms with Crippen LogP contribution in [0.5, 0.6) is 0 Å². The summed E-state index contributed by atoms with van der Waals surface area (Å²) in [5.74, 6) is -0.385. The van der Waals surface area contributed by atoms with Gasteiger partial charge in [0.1, 0.15) is 0 Å². The molecule has 0 saturated carbocycles. The fourth-order valence-electron chi connectivity index (χ4n) is 2.32. The van der Waals surface area contributed by atoms with Gasteiger partial charge in [0.05, 0.1) is 16.2 Å². The number of hydrogen-bond acceptors (Lipinski definition) is 3. The quantitative estimate of drug-likeness (QED) is 0.908. The number of sulfone groups is 1. The number of aryl methyl sites for hydroxylation is 2. The highest BCUT2D eigenvalue weighted by atomic mass is 32.2. The molecule has 5 heteroatoms. The lowest BCUT2D eigenvalue weighted by molar-refractivity contribution is 0.102. The van der Waals surface area contributed by atoms with E-state index in [9.17, 15) is 13.2 Å². The van der Waals surface area contributed by atoms with Gasteiger partial charge in [0.15, 0.2) is 9.84 Å². The fraction of sp³-hybridized carbons (Fsp3) is 0.278. The Morgan fingerprint density at radius 1 is 1.04 bits per heavy atom. The van der Waals surface area contributed by atoms with Crippen LogP contribution in [0.1, 0.15) is 34.8 Å². The van der Waals surface area contributed by atoms with E-state index in [4.69, 9.17) is 0 Å². The van der Waals surface area contributed by atoms with E-state index in [2.05, 4.69) is 5.32 Å². The molecule has 0 aliphatic rings. The molecule has 122 valence electrons. The fourth-order valence-corrected chi connectivity index (χ4v) is 3.86. The van der Waals surface area contributed by atoms with Crippen molar-refractivity contribution in [3.05, 3.63) is 59.2 Å². The molecule has 0 spiro atoms. The van der Waals surface area contributed by atoms with E-state index < -0.39 is 15.7 Å². The zero-order valence-electron chi connectivity index (χ0n) is 13.6. The van der Waals surface area contributed by atoms with Gasteiger partial charge in [-0.15, -0.1) is 0 Å². The minimum atomic E-state index is -3.45. The number of rotatable bonds is 5. The molecule has 2 rings (SSSR count). The van der Waals surface area contributed by atoms with Crippen LogP contribution in [-0.2, 0) is 9.84 Å². The first-order valence-corrected chi connectivity index (χ1v) is 9.21. The van der Waals surface area contributed by atoms with Crippen LogP contribution >= 0.6 is 0 Å². The molecule has 0 aliphatic carbocycles. The van der Waals surface area contributed by atoms with Crippen molar-refractivity contribution in [2.75, 3.05) is 11.1 Å². The standard InChI is InChI=1S/C18H21NO3S/c1-4-11-23(21,22)17-8-6-5-7-16(17)18(20)19-15-10-9-13(2)14(3)12-15/h5-10,12H,4,11H2,1-3H3,(H,19,20). The van der Waals surface area contributed by atoms with Gasteiger partial charge in [-0.25, -0.2) is 8.42 Å². The number of nitrogens with one attached hydrogen (secondary N) is 1. The van der Waals surface area contributed by atoms with Crippen molar-refractivity contribution in [1.82, 2.24) is 0 Å². The molecule has 0 saturated heterocycles. The summed E-state index contributed by atoms with van der Waals surface area (Å²) in [6, 6.07) is 11.9. The number of carbonyl (C=O) groups excluding carboxylic acids is 1. The Hall–Kier alpha value is -2.14. The smallest absolute Gasteiger partial charge is 0.256 e. The van der Waals surface area contributed by atoms with Crippen LogP contribution in [-0.4, -0.2) is 20.1 Å². The summed E-state index contributed by atoms with van der Waals surface area (Å²) in [5, 5.41) is 2.78. The van der Waals surface area contributed by atoms with Gasteiger partial charge in [-0.05, 0) is 55.7 Å². The highest BCUT2D eigenvalue weighted by Crippen LogP contribution is 2.20. The topological polar surface area (TPSA) is 63.2 Å². The maximum absolute atomic E-state index is 12.5. The van der Waals surface area contributed by atoms with E-state index in [1.54, 1.807) is 25.1 Å². The minimum absolute atomic E-state index is 0.0287. The summed E-state index contributed by atoms with van der Waals surface area (Å²) in [7, 11) is -3.45. The van der Waals surface area contributed by atoms with E-state index >= 15 is 0 Å². The van der Waals surface area contributed by atoms with Crippen LogP contribution < -0.4 is 5.32 Å². The molecule has 2 aromatic rings. The Morgan fingerprint density at radius 2 is 1.74 bits per heavy atom. The molecule has 1 N–H and O–H groups in total. The third-order valence-corrected chi connectivity index (χ3v) is 5.68. The Balaban J connectivity index is 2.35.